The van der Waals surface area contributed by atoms with Gasteiger partial charge < -0.3 is 10.4 Å². The number of rotatable bonds is 9. The van der Waals surface area contributed by atoms with Crippen LogP contribution in [0.5, 0.6) is 0 Å². The van der Waals surface area contributed by atoms with Crippen LogP contribution in [0.15, 0.2) is 29.2 Å². The SMILES string of the molecule is O=C(O)CCCCCNC(=O)CS(=O)(=O)c1ccc(Cl)cc1. The van der Waals surface area contributed by atoms with E-state index in [2.05, 4.69) is 5.32 Å². The molecule has 0 radical (unpaired) electrons. The van der Waals surface area contributed by atoms with Crippen molar-refractivity contribution in [2.45, 2.75) is 30.6 Å². The van der Waals surface area contributed by atoms with Gasteiger partial charge in [-0.1, -0.05) is 18.0 Å². The predicted molar refractivity (Wildman–Crippen MR) is 82.6 cm³/mol. The van der Waals surface area contributed by atoms with Gasteiger partial charge in [0.15, 0.2) is 9.84 Å². The minimum absolute atomic E-state index is 0.0495. The Labute approximate surface area is 134 Å². The van der Waals surface area contributed by atoms with Crippen LogP contribution in [0.3, 0.4) is 0 Å². The van der Waals surface area contributed by atoms with E-state index in [1.165, 1.54) is 24.3 Å². The summed E-state index contributed by atoms with van der Waals surface area (Å²) < 4.78 is 24.0. The van der Waals surface area contributed by atoms with Gasteiger partial charge in [0, 0.05) is 18.0 Å². The Balaban J connectivity index is 2.35. The maximum atomic E-state index is 12.0. The van der Waals surface area contributed by atoms with E-state index in [4.69, 9.17) is 16.7 Å². The molecule has 0 fully saturated rings. The summed E-state index contributed by atoms with van der Waals surface area (Å²) in [5.41, 5.74) is 0. The molecule has 1 rings (SSSR count). The second-order valence-corrected chi connectivity index (χ2v) is 7.19. The van der Waals surface area contributed by atoms with Gasteiger partial charge >= 0.3 is 5.97 Å². The molecule has 1 aromatic carbocycles. The van der Waals surface area contributed by atoms with Gasteiger partial charge in [-0.05, 0) is 37.1 Å². The van der Waals surface area contributed by atoms with Crippen molar-refractivity contribution in [3.05, 3.63) is 29.3 Å². The van der Waals surface area contributed by atoms with Gasteiger partial charge in [-0.3, -0.25) is 9.59 Å². The lowest BCUT2D eigenvalue weighted by molar-refractivity contribution is -0.137. The number of nitrogens with one attached hydrogen (secondary N) is 1. The highest BCUT2D eigenvalue weighted by molar-refractivity contribution is 7.92. The van der Waals surface area contributed by atoms with Crippen molar-refractivity contribution in [3.8, 4) is 0 Å². The zero-order chi connectivity index (χ0) is 16.6. The fourth-order valence-corrected chi connectivity index (χ4v) is 3.05. The molecule has 8 heteroatoms. The van der Waals surface area contributed by atoms with Crippen molar-refractivity contribution < 1.29 is 23.1 Å². The zero-order valence-electron chi connectivity index (χ0n) is 11.9. The summed E-state index contributed by atoms with van der Waals surface area (Å²) in [4.78, 5) is 22.0. The number of sulfone groups is 1. The number of aliphatic carboxylic acids is 1. The maximum Gasteiger partial charge on any atom is 0.303 e. The number of carboxylic acid groups (broad SMARTS) is 1. The largest absolute Gasteiger partial charge is 0.481 e. The molecule has 2 N–H and O–H groups in total. The van der Waals surface area contributed by atoms with Gasteiger partial charge in [-0.25, -0.2) is 8.42 Å². The molecule has 1 amide bonds. The quantitative estimate of drug-likeness (QED) is 0.664. The molecule has 122 valence electrons. The number of unbranched alkanes of at least 4 members (excludes halogenated alkanes) is 2. The number of hydrogen-bond donors (Lipinski definition) is 2. The van der Waals surface area contributed by atoms with E-state index < -0.39 is 27.5 Å². The highest BCUT2D eigenvalue weighted by atomic mass is 35.5. The number of carbonyl (C=O) groups excluding carboxylic acids is 1. The van der Waals surface area contributed by atoms with E-state index in [1.807, 2.05) is 0 Å². The van der Waals surface area contributed by atoms with Gasteiger partial charge in [-0.2, -0.15) is 0 Å². The van der Waals surface area contributed by atoms with E-state index in [-0.39, 0.29) is 11.3 Å². The summed E-state index contributed by atoms with van der Waals surface area (Å²) >= 11 is 5.69. The van der Waals surface area contributed by atoms with Crippen LogP contribution in [0.4, 0.5) is 0 Å². The minimum atomic E-state index is -3.68. The van der Waals surface area contributed by atoms with Gasteiger partial charge in [0.1, 0.15) is 5.75 Å². The summed E-state index contributed by atoms with van der Waals surface area (Å²) in [5.74, 6) is -2.05. The Hall–Kier alpha value is -1.60. The number of carboxylic acids is 1. The molecule has 22 heavy (non-hydrogen) atoms. The van der Waals surface area contributed by atoms with Crippen LogP contribution in [0.25, 0.3) is 0 Å². The number of amides is 1. The van der Waals surface area contributed by atoms with Crippen LogP contribution in [-0.2, 0) is 19.4 Å². The molecule has 0 saturated carbocycles. The number of halogens is 1. The fraction of sp³-hybridized carbons (Fsp3) is 0.429. The highest BCUT2D eigenvalue weighted by Crippen LogP contribution is 2.15. The Morgan fingerprint density at radius 1 is 1.09 bits per heavy atom. The first-order valence-electron chi connectivity index (χ1n) is 6.78. The minimum Gasteiger partial charge on any atom is -0.481 e. The average Bonchev–Trinajstić information content (AvgIpc) is 2.42. The van der Waals surface area contributed by atoms with Crippen molar-refractivity contribution in [1.82, 2.24) is 5.32 Å². The standard InChI is InChI=1S/C14H18ClNO5S/c15-11-5-7-12(8-6-11)22(20,21)10-13(17)16-9-3-1-2-4-14(18)19/h5-8H,1-4,9-10H2,(H,16,17)(H,18,19). The van der Waals surface area contributed by atoms with E-state index in [0.29, 0.717) is 30.8 Å². The Morgan fingerprint density at radius 2 is 1.73 bits per heavy atom. The van der Waals surface area contributed by atoms with E-state index in [0.717, 1.165) is 0 Å². The van der Waals surface area contributed by atoms with Crippen molar-refractivity contribution in [3.63, 3.8) is 0 Å². The fourth-order valence-electron chi connectivity index (χ4n) is 1.75. The molecular weight excluding hydrogens is 330 g/mol. The number of carbonyl (C=O) groups is 2. The van der Waals surface area contributed by atoms with Crippen molar-refractivity contribution in [2.75, 3.05) is 12.3 Å². The molecule has 0 unspecified atom stereocenters. The first-order chi connectivity index (χ1) is 10.3. The lowest BCUT2D eigenvalue weighted by Gasteiger charge is -2.06. The molecule has 1 aromatic rings. The number of benzene rings is 1. The molecular formula is C14H18ClNO5S. The number of hydrogen-bond acceptors (Lipinski definition) is 4. The maximum absolute atomic E-state index is 12.0. The summed E-state index contributed by atoms with van der Waals surface area (Å²) in [6, 6.07) is 5.62. The van der Waals surface area contributed by atoms with Crippen molar-refractivity contribution in [2.24, 2.45) is 0 Å². The third kappa shape index (κ3) is 6.91. The summed E-state index contributed by atoms with van der Waals surface area (Å²) in [6.07, 6.45) is 1.91. The smallest absolute Gasteiger partial charge is 0.303 e. The van der Waals surface area contributed by atoms with Gasteiger partial charge in [0.2, 0.25) is 5.91 Å². The van der Waals surface area contributed by atoms with Crippen LogP contribution >= 0.6 is 11.6 Å². The Morgan fingerprint density at radius 3 is 2.32 bits per heavy atom. The molecule has 6 nitrogen and oxygen atoms in total. The molecule has 0 aliphatic heterocycles. The second kappa shape index (κ2) is 8.75. The molecule has 0 bridgehead atoms. The topological polar surface area (TPSA) is 101 Å². The summed E-state index contributed by atoms with van der Waals surface area (Å²) in [7, 11) is -3.68. The van der Waals surface area contributed by atoms with Crippen LogP contribution in [0.2, 0.25) is 5.02 Å². The first kappa shape index (κ1) is 18.4. The normalized spacial score (nSPS) is 11.1. The first-order valence-corrected chi connectivity index (χ1v) is 8.81. The van der Waals surface area contributed by atoms with Crippen LogP contribution in [0.1, 0.15) is 25.7 Å². The molecule has 0 heterocycles. The molecule has 0 spiro atoms. The molecule has 0 atom stereocenters. The highest BCUT2D eigenvalue weighted by Gasteiger charge is 2.18. The van der Waals surface area contributed by atoms with Crippen molar-refractivity contribution >= 4 is 33.3 Å². The second-order valence-electron chi connectivity index (χ2n) is 4.77. The lowest BCUT2D eigenvalue weighted by atomic mass is 10.2. The average molecular weight is 348 g/mol. The van der Waals surface area contributed by atoms with Crippen LogP contribution in [0, 0.1) is 0 Å². The van der Waals surface area contributed by atoms with Crippen LogP contribution < -0.4 is 5.32 Å². The zero-order valence-corrected chi connectivity index (χ0v) is 13.5. The molecule has 0 aliphatic carbocycles. The van der Waals surface area contributed by atoms with E-state index in [1.54, 1.807) is 0 Å². The Bertz CT molecular complexity index is 613. The van der Waals surface area contributed by atoms with Crippen LogP contribution in [-0.4, -0.2) is 37.7 Å². The van der Waals surface area contributed by atoms with Gasteiger partial charge in [0.25, 0.3) is 0 Å². The van der Waals surface area contributed by atoms with Crippen molar-refractivity contribution in [1.29, 1.82) is 0 Å². The Kier molecular flexibility index (Phi) is 7.34. The third-order valence-corrected chi connectivity index (χ3v) is 4.77. The van der Waals surface area contributed by atoms with Gasteiger partial charge in [0.05, 0.1) is 4.90 Å². The summed E-state index contributed by atoms with van der Waals surface area (Å²) in [5, 5.41) is 11.4. The molecule has 0 saturated heterocycles. The third-order valence-electron chi connectivity index (χ3n) is 2.88. The van der Waals surface area contributed by atoms with Gasteiger partial charge in [-0.15, -0.1) is 0 Å². The lowest BCUT2D eigenvalue weighted by Crippen LogP contribution is -2.31. The predicted octanol–water partition coefficient (Wildman–Crippen LogP) is 1.87. The van der Waals surface area contributed by atoms with E-state index in [9.17, 15) is 18.0 Å². The molecule has 0 aliphatic rings. The van der Waals surface area contributed by atoms with E-state index >= 15 is 0 Å². The monoisotopic (exact) mass is 347 g/mol. The molecule has 0 aromatic heterocycles. The summed E-state index contributed by atoms with van der Waals surface area (Å²) in [6.45, 7) is 0.328.